The Labute approximate surface area is 181 Å². The maximum absolute atomic E-state index is 15.0. The molecule has 0 N–H and O–H groups in total. The zero-order chi connectivity index (χ0) is 21.7. The molecule has 0 aliphatic rings. The van der Waals surface area contributed by atoms with Gasteiger partial charge in [0.15, 0.2) is 6.20 Å². The van der Waals surface area contributed by atoms with Gasteiger partial charge in [-0.15, -0.1) is 0 Å². The number of hydrogen-bond donors (Lipinski definition) is 0. The summed E-state index contributed by atoms with van der Waals surface area (Å²) in [6.07, 6.45) is 2.10. The predicted molar refractivity (Wildman–Crippen MR) is 125 cm³/mol. The molecule has 0 bridgehead atoms. The molecular weight excluding hydrogens is 385 g/mol. The van der Waals surface area contributed by atoms with E-state index >= 15 is 0 Å². The third-order valence-electron chi connectivity index (χ3n) is 6.13. The molecule has 0 unspecified atom stereocenters. The molecule has 0 saturated carbocycles. The van der Waals surface area contributed by atoms with Crippen molar-refractivity contribution in [3.63, 3.8) is 0 Å². The van der Waals surface area contributed by atoms with Crippen molar-refractivity contribution < 1.29 is 13.4 Å². The summed E-state index contributed by atoms with van der Waals surface area (Å²) in [5, 5.41) is 1.93. The van der Waals surface area contributed by atoms with Crippen molar-refractivity contribution in [2.45, 2.75) is 26.7 Å². The minimum absolute atomic E-state index is 0.275. The van der Waals surface area contributed by atoms with Crippen LogP contribution in [0.1, 0.15) is 30.9 Å². The second kappa shape index (κ2) is 7.35. The van der Waals surface area contributed by atoms with Crippen LogP contribution in [0.3, 0.4) is 0 Å². The fourth-order valence-electron chi connectivity index (χ4n) is 4.36. The van der Waals surface area contributed by atoms with Crippen LogP contribution in [0.25, 0.3) is 44.3 Å². The molecule has 2 nitrogen and oxygen atoms in total. The number of fused-ring (bicyclic) bond motifs is 3. The molecular formula is C28H25FNO+. The molecule has 5 aromatic rings. The first-order valence-corrected chi connectivity index (χ1v) is 10.7. The van der Waals surface area contributed by atoms with Crippen LogP contribution in [-0.4, -0.2) is 0 Å². The number of benzene rings is 3. The van der Waals surface area contributed by atoms with E-state index in [0.29, 0.717) is 17.1 Å². The van der Waals surface area contributed by atoms with Crippen LogP contribution in [0, 0.1) is 12.7 Å². The lowest BCUT2D eigenvalue weighted by molar-refractivity contribution is -0.660. The molecule has 0 radical (unpaired) electrons. The van der Waals surface area contributed by atoms with Crippen molar-refractivity contribution in [2.75, 3.05) is 0 Å². The molecule has 0 aliphatic carbocycles. The predicted octanol–water partition coefficient (Wildman–Crippen LogP) is 7.32. The minimum Gasteiger partial charge on any atom is -0.454 e. The topological polar surface area (TPSA) is 17.0 Å². The van der Waals surface area contributed by atoms with E-state index in [9.17, 15) is 4.39 Å². The van der Waals surface area contributed by atoms with Gasteiger partial charge in [-0.1, -0.05) is 56.3 Å². The highest BCUT2D eigenvalue weighted by molar-refractivity contribution is 6.13. The Morgan fingerprint density at radius 2 is 1.52 bits per heavy atom. The van der Waals surface area contributed by atoms with Gasteiger partial charge in [0.25, 0.3) is 0 Å². The van der Waals surface area contributed by atoms with Crippen LogP contribution >= 0.6 is 0 Å². The number of rotatable bonds is 3. The highest BCUT2D eigenvalue weighted by Gasteiger charge is 2.23. The maximum atomic E-state index is 15.0. The lowest BCUT2D eigenvalue weighted by Crippen LogP contribution is -2.31. The Bertz CT molecular complexity index is 1430. The second-order valence-corrected chi connectivity index (χ2v) is 8.51. The van der Waals surface area contributed by atoms with Crippen LogP contribution < -0.4 is 4.57 Å². The smallest absolute Gasteiger partial charge is 0.216 e. The van der Waals surface area contributed by atoms with E-state index in [1.54, 1.807) is 6.07 Å². The average Bonchev–Trinajstić information content (AvgIpc) is 3.13. The number of furan rings is 1. The van der Waals surface area contributed by atoms with Crippen LogP contribution in [0.15, 0.2) is 77.3 Å². The van der Waals surface area contributed by atoms with Gasteiger partial charge in [-0.2, -0.15) is 0 Å². The third kappa shape index (κ3) is 3.12. The molecule has 0 amide bonds. The molecule has 0 spiro atoms. The van der Waals surface area contributed by atoms with Gasteiger partial charge in [-0.3, -0.25) is 0 Å². The number of aromatic nitrogens is 1. The SMILES string of the molecule is Cc1ccc2c(oc3c(-c4ccccc4)c(F)ccc32)c1-c1cc(C(C)C)cc[n+]1C. The number of halogens is 1. The fraction of sp³-hybridized carbons (Fsp3) is 0.179. The summed E-state index contributed by atoms with van der Waals surface area (Å²) in [5.74, 6) is 0.150. The van der Waals surface area contributed by atoms with Crippen LogP contribution in [0.4, 0.5) is 4.39 Å². The van der Waals surface area contributed by atoms with Gasteiger partial charge in [-0.05, 0) is 41.7 Å². The molecule has 31 heavy (non-hydrogen) atoms. The van der Waals surface area contributed by atoms with Crippen molar-refractivity contribution in [2.24, 2.45) is 7.05 Å². The number of nitrogens with zero attached hydrogens (tertiary/aromatic N) is 1. The van der Waals surface area contributed by atoms with Gasteiger partial charge < -0.3 is 4.42 Å². The van der Waals surface area contributed by atoms with E-state index < -0.39 is 0 Å². The largest absolute Gasteiger partial charge is 0.454 e. The Hall–Kier alpha value is -3.46. The normalized spacial score (nSPS) is 11.7. The van der Waals surface area contributed by atoms with Crippen molar-refractivity contribution >= 4 is 21.9 Å². The number of hydrogen-bond acceptors (Lipinski definition) is 1. The summed E-state index contributed by atoms with van der Waals surface area (Å²) in [4.78, 5) is 0. The minimum atomic E-state index is -0.275. The molecule has 2 aromatic heterocycles. The van der Waals surface area contributed by atoms with Gasteiger partial charge in [0.2, 0.25) is 5.69 Å². The quantitative estimate of drug-likeness (QED) is 0.285. The van der Waals surface area contributed by atoms with Crippen molar-refractivity contribution in [1.82, 2.24) is 0 Å². The number of aryl methyl sites for hydroxylation is 2. The molecule has 5 rings (SSSR count). The summed E-state index contributed by atoms with van der Waals surface area (Å²) >= 11 is 0. The molecule has 2 heterocycles. The highest BCUT2D eigenvalue weighted by atomic mass is 19.1. The monoisotopic (exact) mass is 410 g/mol. The maximum Gasteiger partial charge on any atom is 0.216 e. The van der Waals surface area contributed by atoms with Crippen LogP contribution in [0.5, 0.6) is 0 Å². The Kier molecular flexibility index (Phi) is 4.62. The molecule has 0 saturated heterocycles. The zero-order valence-electron chi connectivity index (χ0n) is 18.2. The van der Waals surface area contributed by atoms with Gasteiger partial charge in [-0.25, -0.2) is 8.96 Å². The first-order chi connectivity index (χ1) is 15.0. The van der Waals surface area contributed by atoms with Gasteiger partial charge in [0.05, 0.1) is 11.1 Å². The first-order valence-electron chi connectivity index (χ1n) is 10.7. The molecule has 0 atom stereocenters. The summed E-state index contributed by atoms with van der Waals surface area (Å²) < 4.78 is 23.6. The van der Waals surface area contributed by atoms with Crippen LogP contribution in [0.2, 0.25) is 0 Å². The van der Waals surface area contributed by atoms with Gasteiger partial charge in [0.1, 0.15) is 24.0 Å². The van der Waals surface area contributed by atoms with E-state index in [2.05, 4.69) is 62.8 Å². The molecule has 0 fully saturated rings. The van der Waals surface area contributed by atoms with Gasteiger partial charge in [0, 0.05) is 22.9 Å². The van der Waals surface area contributed by atoms with E-state index in [-0.39, 0.29) is 5.82 Å². The standard InChI is InChI=1S/C28H25FNO/c1-17(2)20-14-15-30(4)24(16-20)25-18(3)10-11-21-22-12-13-23(29)26(28(22)31-27(21)25)19-8-6-5-7-9-19/h5-17H,1-4H3/q+1. The summed E-state index contributed by atoms with van der Waals surface area (Å²) in [6, 6.07) is 21.6. The summed E-state index contributed by atoms with van der Waals surface area (Å²) in [7, 11) is 2.05. The fourth-order valence-corrected chi connectivity index (χ4v) is 4.36. The molecule has 154 valence electrons. The van der Waals surface area contributed by atoms with Crippen molar-refractivity contribution in [3.05, 3.63) is 89.9 Å². The van der Waals surface area contributed by atoms with E-state index in [4.69, 9.17) is 4.42 Å². The first kappa shape index (κ1) is 19.5. The van der Waals surface area contributed by atoms with Crippen molar-refractivity contribution in [3.8, 4) is 22.4 Å². The van der Waals surface area contributed by atoms with E-state index in [1.165, 1.54) is 5.56 Å². The average molecular weight is 411 g/mol. The third-order valence-corrected chi connectivity index (χ3v) is 6.13. The Balaban J connectivity index is 1.88. The molecule has 0 aliphatic heterocycles. The van der Waals surface area contributed by atoms with E-state index in [0.717, 1.165) is 38.7 Å². The van der Waals surface area contributed by atoms with Gasteiger partial charge >= 0.3 is 0 Å². The summed E-state index contributed by atoms with van der Waals surface area (Å²) in [5.41, 5.74) is 7.27. The highest BCUT2D eigenvalue weighted by Crippen LogP contribution is 2.41. The lowest BCUT2D eigenvalue weighted by Gasteiger charge is -2.09. The number of pyridine rings is 1. The Morgan fingerprint density at radius 1 is 0.839 bits per heavy atom. The molecule has 3 aromatic carbocycles. The second-order valence-electron chi connectivity index (χ2n) is 8.51. The van der Waals surface area contributed by atoms with Crippen molar-refractivity contribution in [1.29, 1.82) is 0 Å². The van der Waals surface area contributed by atoms with E-state index in [1.807, 2.05) is 36.4 Å². The zero-order valence-corrected chi connectivity index (χ0v) is 18.2. The molecule has 3 heteroatoms. The van der Waals surface area contributed by atoms with Crippen LogP contribution in [-0.2, 0) is 7.05 Å². The lowest BCUT2D eigenvalue weighted by atomic mass is 9.96. The summed E-state index contributed by atoms with van der Waals surface area (Å²) in [6.45, 7) is 6.49. The Morgan fingerprint density at radius 3 is 2.23 bits per heavy atom.